The van der Waals surface area contributed by atoms with Crippen molar-refractivity contribution in [2.75, 3.05) is 49.5 Å². The van der Waals surface area contributed by atoms with E-state index in [9.17, 15) is 9.59 Å². The van der Waals surface area contributed by atoms with E-state index in [1.807, 2.05) is 24.3 Å². The number of rotatable bonds is 3. The van der Waals surface area contributed by atoms with E-state index in [-0.39, 0.29) is 24.1 Å². The first-order valence-corrected chi connectivity index (χ1v) is 10.4. The van der Waals surface area contributed by atoms with E-state index >= 15 is 0 Å². The first-order valence-electron chi connectivity index (χ1n) is 10.4. The quantitative estimate of drug-likeness (QED) is 0.839. The van der Waals surface area contributed by atoms with Crippen molar-refractivity contribution >= 4 is 23.3 Å². The Morgan fingerprint density at radius 3 is 2.17 bits per heavy atom. The fourth-order valence-corrected chi connectivity index (χ4v) is 4.02. The molecule has 2 aliphatic rings. The molecule has 2 saturated heterocycles. The second kappa shape index (κ2) is 8.79. The second-order valence-corrected chi connectivity index (χ2v) is 7.90. The molecule has 2 fully saturated rings. The zero-order chi connectivity index (χ0) is 21.1. The molecule has 8 heteroatoms. The lowest BCUT2D eigenvalue weighted by Crippen LogP contribution is -2.51. The topological polar surface area (TPSA) is 78.3 Å². The van der Waals surface area contributed by atoms with Crippen molar-refractivity contribution in [2.24, 2.45) is 0 Å². The van der Waals surface area contributed by atoms with Crippen LogP contribution >= 0.6 is 0 Å². The monoisotopic (exact) mass is 412 g/mol. The van der Waals surface area contributed by atoms with E-state index in [4.69, 9.17) is 9.15 Å². The summed E-state index contributed by atoms with van der Waals surface area (Å²) in [5.41, 5.74) is 1.88. The lowest BCUT2D eigenvalue weighted by Gasteiger charge is -2.37. The Labute approximate surface area is 176 Å². The summed E-state index contributed by atoms with van der Waals surface area (Å²) in [6, 6.07) is 11.1. The number of morpholine rings is 1. The molecule has 4 rings (SSSR count). The van der Waals surface area contributed by atoms with Crippen LogP contribution in [-0.4, -0.2) is 73.2 Å². The number of carbonyl (C=O) groups excluding carboxylic acids is 2. The van der Waals surface area contributed by atoms with Crippen molar-refractivity contribution in [3.63, 3.8) is 0 Å². The fourth-order valence-electron chi connectivity index (χ4n) is 4.02. The number of anilines is 2. The molecular formula is C22H28N4O4. The summed E-state index contributed by atoms with van der Waals surface area (Å²) in [6.45, 7) is 7.82. The van der Waals surface area contributed by atoms with E-state index in [1.54, 1.807) is 21.9 Å². The van der Waals surface area contributed by atoms with Crippen LogP contribution in [0.3, 0.4) is 0 Å². The molecule has 1 aromatic heterocycles. The van der Waals surface area contributed by atoms with Gasteiger partial charge in [-0.2, -0.15) is 0 Å². The molecule has 3 amide bonds. The summed E-state index contributed by atoms with van der Waals surface area (Å²) in [4.78, 5) is 30.7. The zero-order valence-electron chi connectivity index (χ0n) is 17.4. The maximum Gasteiger partial charge on any atom is 0.321 e. The molecule has 0 bridgehead atoms. The highest BCUT2D eigenvalue weighted by atomic mass is 16.5. The highest BCUT2D eigenvalue weighted by Gasteiger charge is 2.26. The average Bonchev–Trinajstić information content (AvgIpc) is 3.28. The Morgan fingerprint density at radius 1 is 0.933 bits per heavy atom. The van der Waals surface area contributed by atoms with Crippen LogP contribution in [0.2, 0.25) is 0 Å². The third-order valence-electron chi connectivity index (χ3n) is 5.49. The van der Waals surface area contributed by atoms with Gasteiger partial charge in [0.1, 0.15) is 0 Å². The number of piperazine rings is 1. The van der Waals surface area contributed by atoms with Crippen molar-refractivity contribution in [2.45, 2.75) is 26.1 Å². The highest BCUT2D eigenvalue weighted by Crippen LogP contribution is 2.22. The average molecular weight is 412 g/mol. The van der Waals surface area contributed by atoms with Crippen molar-refractivity contribution in [1.82, 2.24) is 9.80 Å². The maximum atomic E-state index is 12.6. The molecule has 160 valence electrons. The van der Waals surface area contributed by atoms with Gasteiger partial charge in [0.15, 0.2) is 5.76 Å². The molecular weight excluding hydrogens is 384 g/mol. The Hall–Kier alpha value is -3.00. The van der Waals surface area contributed by atoms with Gasteiger partial charge in [-0.15, -0.1) is 0 Å². The van der Waals surface area contributed by atoms with Gasteiger partial charge in [-0.25, -0.2) is 4.79 Å². The largest absolute Gasteiger partial charge is 0.459 e. The number of ether oxygens (including phenoxy) is 1. The molecule has 30 heavy (non-hydrogen) atoms. The molecule has 0 spiro atoms. The van der Waals surface area contributed by atoms with Crippen molar-refractivity contribution in [1.29, 1.82) is 0 Å². The van der Waals surface area contributed by atoms with Gasteiger partial charge >= 0.3 is 6.03 Å². The van der Waals surface area contributed by atoms with Gasteiger partial charge in [0.25, 0.3) is 5.91 Å². The Bertz CT molecular complexity index is 850. The number of furan rings is 1. The van der Waals surface area contributed by atoms with E-state index in [0.29, 0.717) is 31.9 Å². The molecule has 0 aliphatic carbocycles. The first kappa shape index (κ1) is 20.3. The van der Waals surface area contributed by atoms with Gasteiger partial charge in [-0.1, -0.05) is 0 Å². The highest BCUT2D eigenvalue weighted by molar-refractivity contribution is 5.92. The van der Waals surface area contributed by atoms with Crippen LogP contribution < -0.4 is 10.2 Å². The van der Waals surface area contributed by atoms with Gasteiger partial charge in [0.2, 0.25) is 0 Å². The lowest BCUT2D eigenvalue weighted by molar-refractivity contribution is -0.00521. The second-order valence-electron chi connectivity index (χ2n) is 7.90. The Kier molecular flexibility index (Phi) is 5.94. The SMILES string of the molecule is CC1CN(c2ccc(NC(=O)N3CCN(C(=O)c4ccco4)CC3)cc2)CC(C)O1. The summed E-state index contributed by atoms with van der Waals surface area (Å²) in [5, 5.41) is 2.95. The summed E-state index contributed by atoms with van der Waals surface area (Å²) >= 11 is 0. The van der Waals surface area contributed by atoms with E-state index < -0.39 is 0 Å². The predicted molar refractivity (Wildman–Crippen MR) is 114 cm³/mol. The normalized spacial score (nSPS) is 22.1. The third-order valence-corrected chi connectivity index (χ3v) is 5.49. The fraction of sp³-hybridized carbons (Fsp3) is 0.455. The molecule has 1 N–H and O–H groups in total. The number of benzene rings is 1. The summed E-state index contributed by atoms with van der Waals surface area (Å²) in [6.07, 6.45) is 1.89. The van der Waals surface area contributed by atoms with Crippen molar-refractivity contribution in [3.8, 4) is 0 Å². The number of carbonyl (C=O) groups is 2. The van der Waals surface area contributed by atoms with Gasteiger partial charge in [-0.05, 0) is 50.2 Å². The molecule has 8 nitrogen and oxygen atoms in total. The van der Waals surface area contributed by atoms with E-state index in [0.717, 1.165) is 24.5 Å². The van der Waals surface area contributed by atoms with Crippen LogP contribution in [0.4, 0.5) is 16.2 Å². The molecule has 2 aliphatic heterocycles. The minimum absolute atomic E-state index is 0.137. The van der Waals surface area contributed by atoms with Crippen LogP contribution in [0.15, 0.2) is 47.1 Å². The van der Waals surface area contributed by atoms with Gasteiger partial charge in [0.05, 0.1) is 18.5 Å². The molecule has 0 saturated carbocycles. The summed E-state index contributed by atoms with van der Waals surface area (Å²) < 4.78 is 11.0. The minimum atomic E-state index is -0.151. The van der Waals surface area contributed by atoms with Crippen molar-refractivity contribution in [3.05, 3.63) is 48.4 Å². The lowest BCUT2D eigenvalue weighted by atomic mass is 10.2. The zero-order valence-corrected chi connectivity index (χ0v) is 17.4. The molecule has 1 aromatic carbocycles. The van der Waals surface area contributed by atoms with Crippen LogP contribution in [-0.2, 0) is 4.74 Å². The molecule has 2 unspecified atom stereocenters. The Balaban J connectivity index is 1.29. The molecule has 2 atom stereocenters. The standard InChI is InChI=1S/C22H28N4O4/c1-16-14-26(15-17(2)30-16)19-7-5-18(6-8-19)23-22(28)25-11-9-24(10-12-25)21(27)20-4-3-13-29-20/h3-8,13,16-17H,9-12,14-15H2,1-2H3,(H,23,28). The number of hydrogen-bond acceptors (Lipinski definition) is 5. The van der Waals surface area contributed by atoms with E-state index in [2.05, 4.69) is 24.1 Å². The third kappa shape index (κ3) is 4.59. The molecule has 2 aromatic rings. The van der Waals surface area contributed by atoms with Crippen molar-refractivity contribution < 1.29 is 18.7 Å². The molecule has 3 heterocycles. The summed E-state index contributed by atoms with van der Waals surface area (Å²) in [5.74, 6) is 0.194. The van der Waals surface area contributed by atoms with Crippen LogP contribution in [0.25, 0.3) is 0 Å². The number of urea groups is 1. The smallest absolute Gasteiger partial charge is 0.321 e. The van der Waals surface area contributed by atoms with E-state index in [1.165, 1.54) is 6.26 Å². The minimum Gasteiger partial charge on any atom is -0.459 e. The summed E-state index contributed by atoms with van der Waals surface area (Å²) in [7, 11) is 0. The number of hydrogen-bond donors (Lipinski definition) is 1. The Morgan fingerprint density at radius 2 is 1.57 bits per heavy atom. The van der Waals surface area contributed by atoms with Gasteiger partial charge < -0.3 is 29.2 Å². The van der Waals surface area contributed by atoms with Gasteiger partial charge in [-0.3, -0.25) is 4.79 Å². The van der Waals surface area contributed by atoms with Crippen LogP contribution in [0.5, 0.6) is 0 Å². The molecule has 0 radical (unpaired) electrons. The number of amides is 3. The van der Waals surface area contributed by atoms with Crippen LogP contribution in [0.1, 0.15) is 24.4 Å². The first-order chi connectivity index (χ1) is 14.5. The maximum absolute atomic E-state index is 12.6. The number of nitrogens with one attached hydrogen (secondary N) is 1. The van der Waals surface area contributed by atoms with Crippen LogP contribution in [0, 0.1) is 0 Å². The van der Waals surface area contributed by atoms with Gasteiger partial charge in [0, 0.05) is 50.6 Å². The number of nitrogens with zero attached hydrogens (tertiary/aromatic N) is 3. The predicted octanol–water partition coefficient (Wildman–Crippen LogP) is 2.88.